The van der Waals surface area contributed by atoms with Crippen molar-refractivity contribution in [2.24, 2.45) is 5.92 Å². The van der Waals surface area contributed by atoms with Crippen LogP contribution in [-0.2, 0) is 19.6 Å². The smallest absolute Gasteiger partial charge is 0.337 e. The van der Waals surface area contributed by atoms with Gasteiger partial charge in [0.2, 0.25) is 15.9 Å². The number of rotatable bonds is 5. The number of halogens is 2. The molecule has 3 rings (SSSR count). The Hall–Kier alpha value is -2.13. The third kappa shape index (κ3) is 4.95. The SMILES string of the molecule is COC(=O)c1ccc(NC(=O)C2CCN(S(=O)(=O)c3cc(Cl)ccc3Cl)CC2)cc1. The van der Waals surface area contributed by atoms with Gasteiger partial charge in [0.25, 0.3) is 0 Å². The zero-order valence-electron chi connectivity index (χ0n) is 16.1. The van der Waals surface area contributed by atoms with Crippen LogP contribution in [0.25, 0.3) is 0 Å². The lowest BCUT2D eigenvalue weighted by Gasteiger charge is -2.30. The van der Waals surface area contributed by atoms with Gasteiger partial charge in [-0.1, -0.05) is 23.2 Å². The summed E-state index contributed by atoms with van der Waals surface area (Å²) in [4.78, 5) is 24.0. The molecule has 1 saturated heterocycles. The van der Waals surface area contributed by atoms with E-state index in [1.165, 1.54) is 29.6 Å². The van der Waals surface area contributed by atoms with Crippen LogP contribution in [0.15, 0.2) is 47.4 Å². The predicted octanol–water partition coefficient (Wildman–Crippen LogP) is 3.82. The van der Waals surface area contributed by atoms with Crippen LogP contribution in [0.1, 0.15) is 23.2 Å². The summed E-state index contributed by atoms with van der Waals surface area (Å²) in [6.45, 7) is 0.398. The van der Waals surface area contributed by atoms with Crippen LogP contribution in [-0.4, -0.2) is 44.8 Å². The number of anilines is 1. The lowest BCUT2D eigenvalue weighted by molar-refractivity contribution is -0.120. The average molecular weight is 471 g/mol. The van der Waals surface area contributed by atoms with Gasteiger partial charge in [-0.2, -0.15) is 4.31 Å². The van der Waals surface area contributed by atoms with E-state index in [-0.39, 0.29) is 39.9 Å². The normalized spacial score (nSPS) is 15.6. The van der Waals surface area contributed by atoms with E-state index in [1.54, 1.807) is 24.3 Å². The summed E-state index contributed by atoms with van der Waals surface area (Å²) in [6.07, 6.45) is 0.757. The van der Waals surface area contributed by atoms with Gasteiger partial charge >= 0.3 is 5.97 Å². The van der Waals surface area contributed by atoms with Gasteiger partial charge in [0, 0.05) is 29.7 Å². The Labute approximate surface area is 185 Å². The minimum atomic E-state index is -3.80. The molecule has 1 amide bonds. The number of sulfonamides is 1. The van der Waals surface area contributed by atoms with Gasteiger partial charge in [0.1, 0.15) is 4.90 Å². The minimum Gasteiger partial charge on any atom is -0.465 e. The summed E-state index contributed by atoms with van der Waals surface area (Å²) in [5, 5.41) is 3.19. The van der Waals surface area contributed by atoms with Gasteiger partial charge in [-0.05, 0) is 55.3 Å². The number of methoxy groups -OCH3 is 1. The molecule has 0 atom stereocenters. The van der Waals surface area contributed by atoms with E-state index in [4.69, 9.17) is 23.2 Å². The zero-order valence-corrected chi connectivity index (χ0v) is 18.4. The van der Waals surface area contributed by atoms with Crippen LogP contribution in [0.2, 0.25) is 10.0 Å². The van der Waals surface area contributed by atoms with Crippen molar-refractivity contribution in [1.29, 1.82) is 0 Å². The van der Waals surface area contributed by atoms with Gasteiger partial charge in [0.05, 0.1) is 17.7 Å². The second kappa shape index (κ2) is 9.34. The summed E-state index contributed by atoms with van der Waals surface area (Å²) < 4.78 is 31.7. The Kier molecular flexibility index (Phi) is 7.02. The highest BCUT2D eigenvalue weighted by Gasteiger charge is 2.33. The van der Waals surface area contributed by atoms with Crippen molar-refractivity contribution in [3.05, 3.63) is 58.1 Å². The second-order valence-corrected chi connectivity index (χ2v) is 9.56. The molecule has 0 radical (unpaired) electrons. The Morgan fingerprint density at radius 1 is 1.07 bits per heavy atom. The fourth-order valence-corrected chi connectivity index (χ4v) is 5.43. The van der Waals surface area contributed by atoms with Crippen molar-refractivity contribution in [3.8, 4) is 0 Å². The number of nitrogens with zero attached hydrogens (tertiary/aromatic N) is 1. The Morgan fingerprint density at radius 3 is 2.30 bits per heavy atom. The average Bonchev–Trinajstić information content (AvgIpc) is 2.75. The fourth-order valence-electron chi connectivity index (χ4n) is 3.22. The number of ether oxygens (including phenoxy) is 1. The van der Waals surface area contributed by atoms with E-state index in [9.17, 15) is 18.0 Å². The van der Waals surface area contributed by atoms with Crippen molar-refractivity contribution in [2.45, 2.75) is 17.7 Å². The second-order valence-electron chi connectivity index (χ2n) is 6.81. The standard InChI is InChI=1S/C20H20Cl2N2O5S/c1-29-20(26)14-2-5-16(6-3-14)23-19(25)13-8-10-24(11-9-13)30(27,28)18-12-15(21)4-7-17(18)22/h2-7,12-13H,8-11H2,1H3,(H,23,25). The molecule has 1 heterocycles. The largest absolute Gasteiger partial charge is 0.465 e. The van der Waals surface area contributed by atoms with Crippen LogP contribution in [0.5, 0.6) is 0 Å². The van der Waals surface area contributed by atoms with Gasteiger partial charge in [-0.3, -0.25) is 4.79 Å². The molecular weight excluding hydrogens is 451 g/mol. The minimum absolute atomic E-state index is 0.0368. The van der Waals surface area contributed by atoms with Crippen LogP contribution in [0.4, 0.5) is 5.69 Å². The Balaban J connectivity index is 1.61. The first-order valence-electron chi connectivity index (χ1n) is 9.17. The lowest BCUT2D eigenvalue weighted by atomic mass is 9.97. The topological polar surface area (TPSA) is 92.8 Å². The number of esters is 1. The van der Waals surface area contributed by atoms with Crippen molar-refractivity contribution in [2.75, 3.05) is 25.5 Å². The molecule has 0 aromatic heterocycles. The van der Waals surface area contributed by atoms with Crippen molar-refractivity contribution >= 4 is 50.8 Å². The highest BCUT2D eigenvalue weighted by molar-refractivity contribution is 7.89. The van der Waals surface area contributed by atoms with Gasteiger partial charge < -0.3 is 10.1 Å². The number of benzene rings is 2. The van der Waals surface area contributed by atoms with E-state index in [0.717, 1.165) is 0 Å². The number of carbonyl (C=O) groups excluding carboxylic acids is 2. The van der Waals surface area contributed by atoms with Crippen molar-refractivity contribution < 1.29 is 22.7 Å². The Morgan fingerprint density at radius 2 is 1.70 bits per heavy atom. The third-order valence-electron chi connectivity index (χ3n) is 4.91. The molecule has 0 bridgehead atoms. The van der Waals surface area contributed by atoms with E-state index in [1.807, 2.05) is 0 Å². The highest BCUT2D eigenvalue weighted by Crippen LogP contribution is 2.30. The van der Waals surface area contributed by atoms with Crippen LogP contribution in [0.3, 0.4) is 0 Å². The maximum absolute atomic E-state index is 12.9. The lowest BCUT2D eigenvalue weighted by Crippen LogP contribution is -2.41. The summed E-state index contributed by atoms with van der Waals surface area (Å²) in [5.41, 5.74) is 0.933. The number of nitrogens with one attached hydrogen (secondary N) is 1. The predicted molar refractivity (Wildman–Crippen MR) is 114 cm³/mol. The van der Waals surface area contributed by atoms with Crippen molar-refractivity contribution in [3.63, 3.8) is 0 Å². The van der Waals surface area contributed by atoms with Gasteiger partial charge in [0.15, 0.2) is 0 Å². The molecule has 30 heavy (non-hydrogen) atoms. The molecule has 1 aliphatic rings. The molecule has 0 aliphatic carbocycles. The van der Waals surface area contributed by atoms with Crippen LogP contribution < -0.4 is 5.32 Å². The number of hydrogen-bond donors (Lipinski definition) is 1. The molecule has 7 nitrogen and oxygen atoms in total. The summed E-state index contributed by atoms with van der Waals surface area (Å²) in [7, 11) is -2.50. The molecule has 1 N–H and O–H groups in total. The van der Waals surface area contributed by atoms with Crippen molar-refractivity contribution in [1.82, 2.24) is 4.31 Å². The first-order valence-corrected chi connectivity index (χ1v) is 11.4. The first kappa shape index (κ1) is 22.6. The maximum Gasteiger partial charge on any atom is 0.337 e. The number of carbonyl (C=O) groups is 2. The highest BCUT2D eigenvalue weighted by atomic mass is 35.5. The molecule has 1 fully saturated rings. The van der Waals surface area contributed by atoms with Crippen LogP contribution in [0, 0.1) is 5.92 Å². The maximum atomic E-state index is 12.9. The third-order valence-corrected chi connectivity index (χ3v) is 7.52. The van der Waals surface area contributed by atoms with E-state index in [0.29, 0.717) is 24.1 Å². The van der Waals surface area contributed by atoms with Crippen LogP contribution >= 0.6 is 23.2 Å². The molecule has 2 aromatic rings. The molecule has 10 heteroatoms. The molecule has 2 aromatic carbocycles. The number of amides is 1. The Bertz CT molecular complexity index is 1050. The monoisotopic (exact) mass is 470 g/mol. The van der Waals surface area contributed by atoms with E-state index in [2.05, 4.69) is 10.1 Å². The quantitative estimate of drug-likeness (QED) is 0.670. The molecular formula is C20H20Cl2N2O5S. The van der Waals surface area contributed by atoms with E-state index >= 15 is 0 Å². The molecule has 0 spiro atoms. The summed E-state index contributed by atoms with van der Waals surface area (Å²) in [6, 6.07) is 10.7. The summed E-state index contributed by atoms with van der Waals surface area (Å²) >= 11 is 12.0. The fraction of sp³-hybridized carbons (Fsp3) is 0.300. The molecule has 0 saturated carbocycles. The summed E-state index contributed by atoms with van der Waals surface area (Å²) in [5.74, 6) is -0.980. The molecule has 1 aliphatic heterocycles. The molecule has 0 unspecified atom stereocenters. The first-order chi connectivity index (χ1) is 14.2. The molecule has 160 valence electrons. The number of piperidine rings is 1. The zero-order chi connectivity index (χ0) is 21.9. The van der Waals surface area contributed by atoms with Gasteiger partial charge in [-0.15, -0.1) is 0 Å². The van der Waals surface area contributed by atoms with E-state index < -0.39 is 16.0 Å². The van der Waals surface area contributed by atoms with Gasteiger partial charge in [-0.25, -0.2) is 13.2 Å². The number of hydrogen-bond acceptors (Lipinski definition) is 5.